The number of esters is 1. The Balaban J connectivity index is 1.80. The largest absolute Gasteiger partial charge is 0.494 e. The van der Waals surface area contributed by atoms with E-state index in [-0.39, 0.29) is 18.3 Å². The van der Waals surface area contributed by atoms with Crippen LogP contribution in [0.3, 0.4) is 0 Å². The minimum Gasteiger partial charge on any atom is -0.494 e. The summed E-state index contributed by atoms with van der Waals surface area (Å²) in [5.74, 6) is -0.178. The molecule has 28 heavy (non-hydrogen) atoms. The van der Waals surface area contributed by atoms with Gasteiger partial charge in [0, 0.05) is 19.0 Å². The van der Waals surface area contributed by atoms with Gasteiger partial charge in [-0.25, -0.2) is 4.79 Å². The Morgan fingerprint density at radius 1 is 0.929 bits per heavy atom. The molecule has 0 fully saturated rings. The van der Waals surface area contributed by atoms with Gasteiger partial charge in [0.2, 0.25) is 5.91 Å². The first-order valence-electron chi connectivity index (χ1n) is 9.26. The van der Waals surface area contributed by atoms with Crippen molar-refractivity contribution >= 4 is 17.7 Å². The molecule has 0 aromatic heterocycles. The van der Waals surface area contributed by atoms with Crippen molar-refractivity contribution in [1.29, 1.82) is 0 Å². The highest BCUT2D eigenvalue weighted by molar-refractivity contribution is 5.99. The van der Waals surface area contributed by atoms with Crippen molar-refractivity contribution in [2.24, 2.45) is 0 Å². The first kappa shape index (κ1) is 21.2. The number of carbonyl (C=O) groups excluding carboxylic acids is 3. The van der Waals surface area contributed by atoms with E-state index in [9.17, 15) is 14.4 Å². The van der Waals surface area contributed by atoms with Gasteiger partial charge in [0.1, 0.15) is 5.75 Å². The van der Waals surface area contributed by atoms with Crippen LogP contribution in [0.25, 0.3) is 0 Å². The summed E-state index contributed by atoms with van der Waals surface area (Å²) in [5.41, 5.74) is 1.93. The van der Waals surface area contributed by atoms with Gasteiger partial charge in [0.25, 0.3) is 0 Å². The molecule has 0 saturated heterocycles. The number of nitrogens with one attached hydrogen (secondary N) is 1. The van der Waals surface area contributed by atoms with Crippen LogP contribution in [0.1, 0.15) is 46.5 Å². The smallest absolute Gasteiger partial charge is 0.338 e. The average Bonchev–Trinajstić information content (AvgIpc) is 2.70. The summed E-state index contributed by atoms with van der Waals surface area (Å²) in [5, 5.41) is 2.75. The molecule has 2 rings (SSSR count). The van der Waals surface area contributed by atoms with Gasteiger partial charge in [0.05, 0.1) is 12.2 Å². The molecule has 0 aliphatic rings. The summed E-state index contributed by atoms with van der Waals surface area (Å²) in [6.45, 7) is 4.23. The molecule has 0 radical (unpaired) electrons. The third-order valence-electron chi connectivity index (χ3n) is 4.03. The highest BCUT2D eigenvalue weighted by atomic mass is 16.5. The Morgan fingerprint density at radius 2 is 1.57 bits per heavy atom. The number of ether oxygens (including phenoxy) is 2. The second-order valence-corrected chi connectivity index (χ2v) is 6.24. The summed E-state index contributed by atoms with van der Waals surface area (Å²) in [6.07, 6.45) is 1.63. The summed E-state index contributed by atoms with van der Waals surface area (Å²) >= 11 is 0. The van der Waals surface area contributed by atoms with E-state index >= 15 is 0 Å². The molecule has 148 valence electrons. The van der Waals surface area contributed by atoms with E-state index < -0.39 is 5.97 Å². The van der Waals surface area contributed by atoms with Crippen LogP contribution in [-0.4, -0.2) is 37.4 Å². The minimum atomic E-state index is -0.550. The van der Waals surface area contributed by atoms with Crippen LogP contribution < -0.4 is 10.1 Å². The van der Waals surface area contributed by atoms with Crippen LogP contribution in [0.4, 0.5) is 0 Å². The van der Waals surface area contributed by atoms with Gasteiger partial charge in [-0.15, -0.1) is 0 Å². The first-order valence-corrected chi connectivity index (χ1v) is 9.26. The summed E-state index contributed by atoms with van der Waals surface area (Å²) in [6, 6.07) is 13.8. The second-order valence-electron chi connectivity index (χ2n) is 6.24. The molecule has 0 bridgehead atoms. The lowest BCUT2D eigenvalue weighted by molar-refractivity contribution is -0.118. The molecule has 2 aromatic carbocycles. The van der Waals surface area contributed by atoms with Crippen molar-refractivity contribution < 1.29 is 23.9 Å². The molecule has 1 N–H and O–H groups in total. The molecule has 6 heteroatoms. The standard InChI is InChI=1S/C22H25NO5/c1-3-27-20-12-10-19(11-13-20)22(26)28-15-21(25)18-8-6-17(7-9-18)5-4-14-23-16(2)24/h6-13H,3-5,14-15H2,1-2H3,(H,23,24). The van der Waals surface area contributed by atoms with Crippen molar-refractivity contribution in [2.45, 2.75) is 26.7 Å². The molecule has 0 spiro atoms. The Morgan fingerprint density at radius 3 is 2.18 bits per heavy atom. The normalized spacial score (nSPS) is 10.2. The number of aryl methyl sites for hydroxylation is 1. The maximum Gasteiger partial charge on any atom is 0.338 e. The highest BCUT2D eigenvalue weighted by Crippen LogP contribution is 2.13. The second kappa shape index (κ2) is 10.9. The van der Waals surface area contributed by atoms with E-state index in [0.717, 1.165) is 18.4 Å². The maximum absolute atomic E-state index is 12.2. The molecule has 0 atom stereocenters. The summed E-state index contributed by atoms with van der Waals surface area (Å²) < 4.78 is 10.4. The van der Waals surface area contributed by atoms with Gasteiger partial charge < -0.3 is 14.8 Å². The Hall–Kier alpha value is -3.15. The maximum atomic E-state index is 12.2. The number of amides is 1. The number of rotatable bonds is 10. The van der Waals surface area contributed by atoms with E-state index in [1.54, 1.807) is 36.4 Å². The van der Waals surface area contributed by atoms with Gasteiger partial charge in [-0.2, -0.15) is 0 Å². The Bertz CT molecular complexity index is 797. The zero-order valence-corrected chi connectivity index (χ0v) is 16.2. The molecule has 0 saturated carbocycles. The Kier molecular flexibility index (Phi) is 8.21. The van der Waals surface area contributed by atoms with Crippen molar-refractivity contribution in [3.05, 3.63) is 65.2 Å². The van der Waals surface area contributed by atoms with Gasteiger partial charge in [-0.1, -0.05) is 24.3 Å². The van der Waals surface area contributed by atoms with Crippen LogP contribution in [0.5, 0.6) is 5.75 Å². The predicted octanol–water partition coefficient (Wildman–Crippen LogP) is 3.19. The zero-order chi connectivity index (χ0) is 20.4. The van der Waals surface area contributed by atoms with Crippen LogP contribution in [0, 0.1) is 0 Å². The van der Waals surface area contributed by atoms with Crippen LogP contribution in [0.2, 0.25) is 0 Å². The van der Waals surface area contributed by atoms with Gasteiger partial charge in [0.15, 0.2) is 12.4 Å². The molecule has 2 aromatic rings. The van der Waals surface area contributed by atoms with Gasteiger partial charge in [-0.05, 0) is 49.6 Å². The summed E-state index contributed by atoms with van der Waals surface area (Å²) in [4.78, 5) is 35.1. The third kappa shape index (κ3) is 6.87. The van der Waals surface area contributed by atoms with Crippen molar-refractivity contribution in [2.75, 3.05) is 19.8 Å². The lowest BCUT2D eigenvalue weighted by Crippen LogP contribution is -2.21. The molecule has 6 nitrogen and oxygen atoms in total. The number of hydrogen-bond donors (Lipinski definition) is 1. The summed E-state index contributed by atoms with van der Waals surface area (Å²) in [7, 11) is 0. The van der Waals surface area contributed by atoms with E-state index in [1.165, 1.54) is 6.92 Å². The zero-order valence-electron chi connectivity index (χ0n) is 16.2. The van der Waals surface area contributed by atoms with E-state index in [4.69, 9.17) is 9.47 Å². The Labute approximate surface area is 164 Å². The van der Waals surface area contributed by atoms with Crippen molar-refractivity contribution in [1.82, 2.24) is 5.32 Å². The molecule has 0 aliphatic heterocycles. The van der Waals surface area contributed by atoms with Crippen LogP contribution in [0.15, 0.2) is 48.5 Å². The third-order valence-corrected chi connectivity index (χ3v) is 4.03. The lowest BCUT2D eigenvalue weighted by Gasteiger charge is -2.07. The van der Waals surface area contributed by atoms with Crippen LogP contribution >= 0.6 is 0 Å². The number of carbonyl (C=O) groups is 3. The van der Waals surface area contributed by atoms with Crippen LogP contribution in [-0.2, 0) is 16.0 Å². The number of ketones is 1. The number of hydrogen-bond acceptors (Lipinski definition) is 5. The SMILES string of the molecule is CCOc1ccc(C(=O)OCC(=O)c2ccc(CCCNC(C)=O)cc2)cc1. The number of Topliss-reactive ketones (excluding diaryl/α,β-unsaturated/α-hetero) is 1. The first-order chi connectivity index (χ1) is 13.5. The fourth-order valence-corrected chi connectivity index (χ4v) is 2.57. The predicted molar refractivity (Wildman–Crippen MR) is 106 cm³/mol. The lowest BCUT2D eigenvalue weighted by atomic mass is 10.1. The van der Waals surface area contributed by atoms with Crippen molar-refractivity contribution in [3.8, 4) is 5.75 Å². The van der Waals surface area contributed by atoms with E-state index in [1.807, 2.05) is 19.1 Å². The topological polar surface area (TPSA) is 81.7 Å². The number of benzene rings is 2. The molecule has 0 heterocycles. The molecule has 0 unspecified atom stereocenters. The van der Waals surface area contributed by atoms with E-state index in [2.05, 4.69) is 5.32 Å². The van der Waals surface area contributed by atoms with E-state index in [0.29, 0.717) is 30.0 Å². The van der Waals surface area contributed by atoms with Gasteiger partial charge in [-0.3, -0.25) is 9.59 Å². The molecule has 0 aliphatic carbocycles. The molecule has 1 amide bonds. The quantitative estimate of drug-likeness (QED) is 0.387. The molecular formula is C22H25NO5. The molecular weight excluding hydrogens is 358 g/mol. The van der Waals surface area contributed by atoms with Crippen molar-refractivity contribution in [3.63, 3.8) is 0 Å². The fourth-order valence-electron chi connectivity index (χ4n) is 2.57. The minimum absolute atomic E-state index is 0.0410. The highest BCUT2D eigenvalue weighted by Gasteiger charge is 2.12. The van der Waals surface area contributed by atoms with Gasteiger partial charge >= 0.3 is 5.97 Å². The fraction of sp³-hybridized carbons (Fsp3) is 0.318. The average molecular weight is 383 g/mol. The monoisotopic (exact) mass is 383 g/mol.